The summed E-state index contributed by atoms with van der Waals surface area (Å²) in [5, 5.41) is 10.6. The number of carbonyl (C=O) groups excluding carboxylic acids is 1. The van der Waals surface area contributed by atoms with Crippen LogP contribution in [0, 0.1) is 17.2 Å². The zero-order valence-electron chi connectivity index (χ0n) is 12.8. The average Bonchev–Trinajstić information content (AvgIpc) is 2.97. The van der Waals surface area contributed by atoms with E-state index in [2.05, 4.69) is 5.32 Å². The molecule has 24 heavy (non-hydrogen) atoms. The van der Waals surface area contributed by atoms with Gasteiger partial charge in [0.05, 0.1) is 33.3 Å². The summed E-state index contributed by atoms with van der Waals surface area (Å²) in [5.41, 5.74) is 0. The van der Waals surface area contributed by atoms with Crippen LogP contribution in [0.15, 0.2) is 23.1 Å². The van der Waals surface area contributed by atoms with E-state index in [4.69, 9.17) is 33.2 Å². The Kier molecular flexibility index (Phi) is 6.10. The molecule has 130 valence electrons. The van der Waals surface area contributed by atoms with Crippen molar-refractivity contribution in [2.75, 3.05) is 13.7 Å². The second kappa shape index (κ2) is 7.70. The first-order chi connectivity index (χ1) is 11.3. The zero-order valence-corrected chi connectivity index (χ0v) is 15.2. The number of methoxy groups -OCH3 is 1. The van der Waals surface area contributed by atoms with Crippen molar-refractivity contribution in [1.29, 1.82) is 5.26 Å². The topological polar surface area (TPSA) is 96.3 Å². The normalized spacial score (nSPS) is 23.7. The van der Waals surface area contributed by atoms with E-state index >= 15 is 0 Å². The quantitative estimate of drug-likeness (QED) is 0.777. The van der Waals surface area contributed by atoms with Gasteiger partial charge in [-0.05, 0) is 31.0 Å². The number of rotatable bonds is 5. The van der Waals surface area contributed by atoms with Gasteiger partial charge < -0.3 is 10.1 Å². The van der Waals surface area contributed by atoms with E-state index in [1.165, 1.54) is 25.3 Å². The standard InChI is InChI=1S/C15H16Cl2N2O4S/c1-23-13-8-10(7-11(13)15(20)19-5-4-18)24(21,22)14-3-2-9(16)6-12(14)17/h2-3,6,10-11,13H,5,7-8H2,1H3,(H,19,20)/t10-,11?,13-/m1/s1. The van der Waals surface area contributed by atoms with Gasteiger partial charge in [0.1, 0.15) is 6.54 Å². The Labute approximate surface area is 150 Å². The number of sulfone groups is 1. The van der Waals surface area contributed by atoms with E-state index in [0.29, 0.717) is 5.02 Å². The summed E-state index contributed by atoms with van der Waals surface area (Å²) in [7, 11) is -2.30. The third-order valence-electron chi connectivity index (χ3n) is 4.08. The van der Waals surface area contributed by atoms with Crippen LogP contribution in [-0.2, 0) is 19.4 Å². The molecule has 0 bridgehead atoms. The molecule has 1 aliphatic carbocycles. The summed E-state index contributed by atoms with van der Waals surface area (Å²) in [5.74, 6) is -1.02. The van der Waals surface area contributed by atoms with Crippen molar-refractivity contribution in [3.8, 4) is 6.07 Å². The first-order valence-corrected chi connectivity index (χ1v) is 9.48. The van der Waals surface area contributed by atoms with Crippen LogP contribution in [0.3, 0.4) is 0 Å². The van der Waals surface area contributed by atoms with Crippen LogP contribution in [0.2, 0.25) is 10.0 Å². The SMILES string of the molecule is CO[C@@H]1C[C@H](S(=O)(=O)c2ccc(Cl)cc2Cl)CC1C(=O)NCC#N. The highest BCUT2D eigenvalue weighted by molar-refractivity contribution is 7.92. The summed E-state index contributed by atoms with van der Waals surface area (Å²) < 4.78 is 31.0. The molecule has 0 aliphatic heterocycles. The summed E-state index contributed by atoms with van der Waals surface area (Å²) in [4.78, 5) is 12.1. The van der Waals surface area contributed by atoms with Crippen LogP contribution in [-0.4, -0.2) is 39.3 Å². The van der Waals surface area contributed by atoms with E-state index in [-0.39, 0.29) is 35.2 Å². The molecule has 0 heterocycles. The van der Waals surface area contributed by atoms with Gasteiger partial charge in [0.25, 0.3) is 0 Å². The van der Waals surface area contributed by atoms with Crippen LogP contribution in [0.4, 0.5) is 0 Å². The first-order valence-electron chi connectivity index (χ1n) is 7.17. The summed E-state index contributed by atoms with van der Waals surface area (Å²) in [6.07, 6.45) is -0.242. The molecule has 1 saturated carbocycles. The van der Waals surface area contributed by atoms with Gasteiger partial charge in [0.15, 0.2) is 9.84 Å². The second-order valence-corrected chi connectivity index (χ2v) is 8.51. The van der Waals surface area contributed by atoms with Crippen molar-refractivity contribution in [3.63, 3.8) is 0 Å². The monoisotopic (exact) mass is 390 g/mol. The molecule has 1 fully saturated rings. The minimum absolute atomic E-state index is 0.00787. The van der Waals surface area contributed by atoms with E-state index in [9.17, 15) is 13.2 Å². The molecule has 1 amide bonds. The number of hydrogen-bond donors (Lipinski definition) is 1. The fourth-order valence-electron chi connectivity index (χ4n) is 2.89. The van der Waals surface area contributed by atoms with Gasteiger partial charge in [-0.2, -0.15) is 5.26 Å². The molecule has 0 saturated heterocycles. The fourth-order valence-corrected chi connectivity index (χ4v) is 5.47. The Morgan fingerprint density at radius 3 is 2.71 bits per heavy atom. The molecular weight excluding hydrogens is 375 g/mol. The van der Waals surface area contributed by atoms with Crippen molar-refractivity contribution < 1.29 is 17.9 Å². The van der Waals surface area contributed by atoms with Gasteiger partial charge in [-0.1, -0.05) is 23.2 Å². The molecule has 9 heteroatoms. The second-order valence-electron chi connectivity index (χ2n) is 5.47. The predicted octanol–water partition coefficient (Wildman–Crippen LogP) is 2.20. The first kappa shape index (κ1) is 19.0. The predicted molar refractivity (Wildman–Crippen MR) is 89.6 cm³/mol. The van der Waals surface area contributed by atoms with E-state index < -0.39 is 27.1 Å². The Morgan fingerprint density at radius 2 is 2.12 bits per heavy atom. The number of ether oxygens (including phenoxy) is 1. The summed E-state index contributed by atoms with van der Waals surface area (Å²) in [6.45, 7) is -0.133. The molecule has 6 nitrogen and oxygen atoms in total. The Bertz CT molecular complexity index is 776. The largest absolute Gasteiger partial charge is 0.381 e. The van der Waals surface area contributed by atoms with Gasteiger partial charge in [-0.15, -0.1) is 0 Å². The fraction of sp³-hybridized carbons (Fsp3) is 0.467. The lowest BCUT2D eigenvalue weighted by molar-refractivity contribution is -0.128. The van der Waals surface area contributed by atoms with Crippen molar-refractivity contribution >= 4 is 38.9 Å². The summed E-state index contributed by atoms with van der Waals surface area (Å²) in [6, 6.07) is 6.01. The van der Waals surface area contributed by atoms with Crippen molar-refractivity contribution in [2.45, 2.75) is 29.1 Å². The molecule has 1 aromatic carbocycles. The number of nitrogens with one attached hydrogen (secondary N) is 1. The van der Waals surface area contributed by atoms with Crippen LogP contribution in [0.25, 0.3) is 0 Å². The maximum absolute atomic E-state index is 12.8. The lowest BCUT2D eigenvalue weighted by Crippen LogP contribution is -2.35. The molecule has 0 spiro atoms. The number of amides is 1. The summed E-state index contributed by atoms with van der Waals surface area (Å²) >= 11 is 11.8. The number of halogens is 2. The highest BCUT2D eigenvalue weighted by Gasteiger charge is 2.45. The highest BCUT2D eigenvalue weighted by Crippen LogP contribution is 2.38. The van der Waals surface area contributed by atoms with E-state index in [1.807, 2.05) is 6.07 Å². The zero-order chi connectivity index (χ0) is 17.9. The van der Waals surface area contributed by atoms with Crippen molar-refractivity contribution in [3.05, 3.63) is 28.2 Å². The van der Waals surface area contributed by atoms with Crippen LogP contribution in [0.5, 0.6) is 0 Å². The average molecular weight is 391 g/mol. The van der Waals surface area contributed by atoms with Crippen LogP contribution in [0.1, 0.15) is 12.8 Å². The number of nitrogens with zero attached hydrogens (tertiary/aromatic N) is 1. The van der Waals surface area contributed by atoms with Gasteiger partial charge in [-0.25, -0.2) is 8.42 Å². The van der Waals surface area contributed by atoms with Gasteiger partial charge in [0, 0.05) is 12.1 Å². The Balaban J connectivity index is 2.26. The molecule has 1 unspecified atom stereocenters. The smallest absolute Gasteiger partial charge is 0.226 e. The highest BCUT2D eigenvalue weighted by atomic mass is 35.5. The molecule has 2 rings (SSSR count). The third-order valence-corrected chi connectivity index (χ3v) is 6.97. The van der Waals surface area contributed by atoms with Crippen molar-refractivity contribution in [2.24, 2.45) is 5.92 Å². The lowest BCUT2D eigenvalue weighted by atomic mass is 10.1. The van der Waals surface area contributed by atoms with E-state index in [0.717, 1.165) is 0 Å². The van der Waals surface area contributed by atoms with E-state index in [1.54, 1.807) is 0 Å². The Morgan fingerprint density at radius 1 is 1.42 bits per heavy atom. The van der Waals surface area contributed by atoms with Crippen LogP contribution < -0.4 is 5.32 Å². The molecule has 3 atom stereocenters. The van der Waals surface area contributed by atoms with Crippen LogP contribution >= 0.6 is 23.2 Å². The third kappa shape index (κ3) is 3.83. The molecule has 1 N–H and O–H groups in total. The van der Waals surface area contributed by atoms with Gasteiger partial charge >= 0.3 is 0 Å². The number of benzene rings is 1. The van der Waals surface area contributed by atoms with Gasteiger partial charge in [0.2, 0.25) is 5.91 Å². The maximum atomic E-state index is 12.8. The minimum atomic E-state index is -3.73. The lowest BCUT2D eigenvalue weighted by Gasteiger charge is -2.16. The number of carbonyl (C=O) groups is 1. The van der Waals surface area contributed by atoms with Crippen molar-refractivity contribution in [1.82, 2.24) is 5.32 Å². The Hall–Kier alpha value is -1.33. The maximum Gasteiger partial charge on any atom is 0.226 e. The number of nitriles is 1. The molecular formula is C15H16Cl2N2O4S. The molecule has 0 radical (unpaired) electrons. The molecule has 1 aromatic rings. The molecule has 1 aliphatic rings. The molecule has 0 aromatic heterocycles. The minimum Gasteiger partial charge on any atom is -0.381 e. The number of hydrogen-bond acceptors (Lipinski definition) is 5. The van der Waals surface area contributed by atoms with Gasteiger partial charge in [-0.3, -0.25) is 4.79 Å².